The Kier molecular flexibility index (Phi) is 3.94. The van der Waals surface area contributed by atoms with Gasteiger partial charge in [0.15, 0.2) is 0 Å². The maximum atomic E-state index is 3.63. The molecular weight excluding hydrogens is 180 g/mol. The molecule has 2 rings (SSSR count). The molecule has 2 aliphatic rings. The van der Waals surface area contributed by atoms with E-state index in [9.17, 15) is 0 Å². The van der Waals surface area contributed by atoms with Gasteiger partial charge in [-0.15, -0.1) is 0 Å². The van der Waals surface area contributed by atoms with E-state index in [4.69, 9.17) is 0 Å². The summed E-state index contributed by atoms with van der Waals surface area (Å²) in [6.45, 7) is 3.73. The lowest BCUT2D eigenvalue weighted by molar-refractivity contribution is 0.344. The highest BCUT2D eigenvalue weighted by atomic mass is 32.2. The summed E-state index contributed by atoms with van der Waals surface area (Å²) in [5, 5.41) is 7.04. The minimum absolute atomic E-state index is 0.840. The van der Waals surface area contributed by atoms with Crippen molar-refractivity contribution in [2.75, 3.05) is 31.1 Å². The van der Waals surface area contributed by atoms with Crippen LogP contribution in [0.2, 0.25) is 0 Å². The van der Waals surface area contributed by atoms with Gasteiger partial charge in [0, 0.05) is 17.5 Å². The molecule has 0 radical (unpaired) electrons. The first-order chi connectivity index (χ1) is 6.45. The van der Waals surface area contributed by atoms with Crippen LogP contribution in [-0.4, -0.2) is 37.2 Å². The van der Waals surface area contributed by atoms with Gasteiger partial charge in [0.05, 0.1) is 0 Å². The van der Waals surface area contributed by atoms with Crippen LogP contribution < -0.4 is 10.6 Å². The molecule has 0 bridgehead atoms. The van der Waals surface area contributed by atoms with E-state index in [1.54, 1.807) is 0 Å². The van der Waals surface area contributed by atoms with Gasteiger partial charge >= 0.3 is 0 Å². The molecule has 76 valence electrons. The number of hydrogen-bond donors (Lipinski definition) is 2. The van der Waals surface area contributed by atoms with E-state index in [-0.39, 0.29) is 0 Å². The summed E-state index contributed by atoms with van der Waals surface area (Å²) in [4.78, 5) is 0. The smallest absolute Gasteiger partial charge is 0.0248 e. The van der Waals surface area contributed by atoms with Crippen LogP contribution in [0.4, 0.5) is 0 Å². The van der Waals surface area contributed by atoms with Gasteiger partial charge in [-0.25, -0.2) is 0 Å². The average molecular weight is 200 g/mol. The molecule has 2 nitrogen and oxygen atoms in total. The first-order valence-corrected chi connectivity index (χ1v) is 6.62. The van der Waals surface area contributed by atoms with Crippen molar-refractivity contribution in [3.05, 3.63) is 0 Å². The van der Waals surface area contributed by atoms with Crippen molar-refractivity contribution in [3.8, 4) is 0 Å². The van der Waals surface area contributed by atoms with Crippen LogP contribution in [0.5, 0.6) is 0 Å². The van der Waals surface area contributed by atoms with Gasteiger partial charge in [-0.2, -0.15) is 11.8 Å². The highest BCUT2D eigenvalue weighted by Gasteiger charge is 2.18. The molecule has 0 aromatic rings. The van der Waals surface area contributed by atoms with E-state index in [2.05, 4.69) is 22.4 Å². The van der Waals surface area contributed by atoms with Gasteiger partial charge in [-0.1, -0.05) is 0 Å². The van der Waals surface area contributed by atoms with Crippen LogP contribution in [0.1, 0.15) is 19.3 Å². The number of hydrogen-bond acceptors (Lipinski definition) is 3. The molecule has 3 heteroatoms. The maximum absolute atomic E-state index is 3.63. The fourth-order valence-electron chi connectivity index (χ4n) is 2.02. The number of thioether (sulfide) groups is 1. The summed E-state index contributed by atoms with van der Waals surface area (Å²) in [5.41, 5.74) is 0. The third-order valence-electron chi connectivity index (χ3n) is 3.08. The fraction of sp³-hybridized carbons (Fsp3) is 1.00. The SMILES string of the molecule is C1CC(CCNC2CSC2)CCN1. The van der Waals surface area contributed by atoms with Gasteiger partial charge in [0.25, 0.3) is 0 Å². The number of nitrogens with one attached hydrogen (secondary N) is 2. The summed E-state index contributed by atoms with van der Waals surface area (Å²) >= 11 is 2.06. The minimum atomic E-state index is 0.840. The van der Waals surface area contributed by atoms with Crippen LogP contribution in [0.15, 0.2) is 0 Å². The first-order valence-electron chi connectivity index (χ1n) is 5.47. The molecule has 0 aliphatic carbocycles. The van der Waals surface area contributed by atoms with E-state index in [1.807, 2.05) is 0 Å². The summed E-state index contributed by atoms with van der Waals surface area (Å²) in [6.07, 6.45) is 4.17. The summed E-state index contributed by atoms with van der Waals surface area (Å²) in [7, 11) is 0. The minimum Gasteiger partial charge on any atom is -0.317 e. The number of rotatable bonds is 4. The van der Waals surface area contributed by atoms with Crippen molar-refractivity contribution in [2.45, 2.75) is 25.3 Å². The van der Waals surface area contributed by atoms with Gasteiger partial charge in [0.2, 0.25) is 0 Å². The Bertz CT molecular complexity index is 142. The summed E-state index contributed by atoms with van der Waals surface area (Å²) in [5.74, 6) is 3.67. The Balaban J connectivity index is 1.50. The average Bonchev–Trinajstić information content (AvgIpc) is 2.11. The number of piperidine rings is 1. The molecule has 0 atom stereocenters. The Morgan fingerprint density at radius 1 is 1.23 bits per heavy atom. The van der Waals surface area contributed by atoms with E-state index < -0.39 is 0 Å². The lowest BCUT2D eigenvalue weighted by Crippen LogP contribution is -2.41. The van der Waals surface area contributed by atoms with Crippen molar-refractivity contribution < 1.29 is 0 Å². The lowest BCUT2D eigenvalue weighted by Gasteiger charge is -2.28. The quantitative estimate of drug-likeness (QED) is 0.710. The molecule has 2 saturated heterocycles. The van der Waals surface area contributed by atoms with Crippen LogP contribution in [0, 0.1) is 5.92 Å². The third-order valence-corrected chi connectivity index (χ3v) is 4.36. The van der Waals surface area contributed by atoms with Crippen molar-refractivity contribution in [2.24, 2.45) is 5.92 Å². The molecule has 0 unspecified atom stereocenters. The third kappa shape index (κ3) is 3.15. The van der Waals surface area contributed by atoms with Gasteiger partial charge in [0.1, 0.15) is 0 Å². The Morgan fingerprint density at radius 2 is 2.00 bits per heavy atom. The topological polar surface area (TPSA) is 24.1 Å². The van der Waals surface area contributed by atoms with Gasteiger partial charge in [-0.05, 0) is 44.8 Å². The van der Waals surface area contributed by atoms with E-state index in [0.717, 1.165) is 12.0 Å². The van der Waals surface area contributed by atoms with E-state index >= 15 is 0 Å². The predicted octanol–water partition coefficient (Wildman–Crippen LogP) is 1.08. The Morgan fingerprint density at radius 3 is 2.62 bits per heavy atom. The largest absolute Gasteiger partial charge is 0.317 e. The van der Waals surface area contributed by atoms with Crippen LogP contribution in [0.3, 0.4) is 0 Å². The Hall–Kier alpha value is 0.270. The highest BCUT2D eigenvalue weighted by molar-refractivity contribution is 8.00. The molecule has 0 aromatic heterocycles. The molecule has 2 fully saturated rings. The molecule has 13 heavy (non-hydrogen) atoms. The van der Waals surface area contributed by atoms with E-state index in [0.29, 0.717) is 0 Å². The molecule has 0 spiro atoms. The first kappa shape index (κ1) is 9.81. The fourth-order valence-corrected chi connectivity index (χ4v) is 2.72. The molecular formula is C10H20N2S. The zero-order valence-electron chi connectivity index (χ0n) is 8.22. The molecule has 0 saturated carbocycles. The van der Waals surface area contributed by atoms with Crippen molar-refractivity contribution in [3.63, 3.8) is 0 Å². The van der Waals surface area contributed by atoms with Crippen molar-refractivity contribution in [1.82, 2.24) is 10.6 Å². The lowest BCUT2D eigenvalue weighted by atomic mass is 9.95. The molecule has 2 heterocycles. The zero-order chi connectivity index (χ0) is 8.93. The summed E-state index contributed by atoms with van der Waals surface area (Å²) in [6, 6.07) is 0.840. The van der Waals surface area contributed by atoms with Crippen molar-refractivity contribution >= 4 is 11.8 Å². The second-order valence-corrected chi connectivity index (χ2v) is 5.25. The van der Waals surface area contributed by atoms with E-state index in [1.165, 1.54) is 50.4 Å². The normalized spacial score (nSPS) is 25.8. The summed E-state index contributed by atoms with van der Waals surface area (Å²) < 4.78 is 0. The van der Waals surface area contributed by atoms with Gasteiger partial charge < -0.3 is 10.6 Å². The standard InChI is InChI=1S/C10H20N2S/c1-4-11-5-2-9(1)3-6-12-10-7-13-8-10/h9-12H,1-8H2. The monoisotopic (exact) mass is 200 g/mol. The molecule has 0 amide bonds. The Labute approximate surface area is 85.2 Å². The molecule has 2 N–H and O–H groups in total. The van der Waals surface area contributed by atoms with Crippen LogP contribution >= 0.6 is 11.8 Å². The zero-order valence-corrected chi connectivity index (χ0v) is 9.04. The van der Waals surface area contributed by atoms with Crippen LogP contribution in [0.25, 0.3) is 0 Å². The highest BCUT2D eigenvalue weighted by Crippen LogP contribution is 2.18. The molecule has 0 aromatic carbocycles. The van der Waals surface area contributed by atoms with Crippen LogP contribution in [-0.2, 0) is 0 Å². The maximum Gasteiger partial charge on any atom is 0.0248 e. The van der Waals surface area contributed by atoms with Gasteiger partial charge in [-0.3, -0.25) is 0 Å². The second-order valence-electron chi connectivity index (χ2n) is 4.17. The second kappa shape index (κ2) is 5.23. The predicted molar refractivity (Wildman–Crippen MR) is 59.3 cm³/mol. The van der Waals surface area contributed by atoms with Crippen molar-refractivity contribution in [1.29, 1.82) is 0 Å². The molecule has 2 aliphatic heterocycles.